The van der Waals surface area contributed by atoms with Crippen molar-refractivity contribution in [2.24, 2.45) is 0 Å². The van der Waals surface area contributed by atoms with E-state index in [9.17, 15) is 0 Å². The Balaban J connectivity index is 2.45. The van der Waals surface area contributed by atoms with Gasteiger partial charge in [0.15, 0.2) is 0 Å². The molecule has 0 aliphatic rings. The third-order valence-corrected chi connectivity index (χ3v) is 1.09. The molecule has 1 nitrogen and oxygen atoms in total. The molecule has 1 N–H and O–H groups in total. The predicted molar refractivity (Wildman–Crippen MR) is 38.0 cm³/mol. The maximum Gasteiger partial charge on any atom is 0.124 e. The van der Waals surface area contributed by atoms with Crippen LogP contribution in [0.5, 0.6) is 0 Å². The van der Waals surface area contributed by atoms with E-state index in [1.54, 1.807) is 0 Å². The van der Waals surface area contributed by atoms with Gasteiger partial charge >= 0.3 is 0 Å². The minimum atomic E-state index is 1.03. The third kappa shape index (κ3) is 6.37. The van der Waals surface area contributed by atoms with Crippen molar-refractivity contribution in [3.8, 4) is 0 Å². The first-order chi connectivity index (χ1) is 3.41. The monoisotopic (exact) mass is 116 g/mol. The molecule has 0 spiro atoms. The summed E-state index contributed by atoms with van der Waals surface area (Å²) in [6.07, 6.45) is 3.11. The van der Waals surface area contributed by atoms with Gasteiger partial charge in [-0.1, -0.05) is 6.82 Å². The van der Waals surface area contributed by atoms with Crippen LogP contribution in [0.1, 0.15) is 0 Å². The summed E-state index contributed by atoms with van der Waals surface area (Å²) in [5.74, 6) is 1.06. The zero-order valence-electron chi connectivity index (χ0n) is 4.90. The van der Waals surface area contributed by atoms with Crippen molar-refractivity contribution in [2.75, 3.05) is 18.6 Å². The Morgan fingerprint density at radius 2 is 2.43 bits per heavy atom. The lowest BCUT2D eigenvalue weighted by molar-refractivity contribution is 0.936. The van der Waals surface area contributed by atoms with Crippen LogP contribution in [-0.4, -0.2) is 25.9 Å². The summed E-state index contributed by atoms with van der Waals surface area (Å²) >= 11 is 1.81. The fourth-order valence-corrected chi connectivity index (χ4v) is 0.627. The normalized spacial score (nSPS) is 8.86. The highest BCUT2D eigenvalue weighted by molar-refractivity contribution is 7.98. The van der Waals surface area contributed by atoms with Crippen molar-refractivity contribution in [3.63, 3.8) is 0 Å². The Morgan fingerprint density at radius 3 is 2.86 bits per heavy atom. The molecular weight excluding hydrogens is 105 g/mol. The summed E-state index contributed by atoms with van der Waals surface area (Å²) in [7, 11) is 2.11. The average Bonchev–Trinajstić information content (AvgIpc) is 1.69. The fraction of sp³-hybridized carbons (Fsp3) is 1.00. The Bertz CT molecular complexity index is 30.9. The molecule has 0 bridgehead atoms. The van der Waals surface area contributed by atoms with Crippen molar-refractivity contribution in [1.29, 1.82) is 0 Å². The zero-order valence-corrected chi connectivity index (χ0v) is 5.72. The fourth-order valence-electron chi connectivity index (χ4n) is 0.305. The van der Waals surface area contributed by atoms with E-state index >= 15 is 0 Å². The molecule has 0 unspecified atom stereocenters. The smallest absolute Gasteiger partial charge is 0.124 e. The van der Waals surface area contributed by atoms with E-state index in [1.807, 2.05) is 18.6 Å². The first-order valence-corrected chi connectivity index (χ1v) is 3.78. The molecule has 0 aromatic heterocycles. The van der Waals surface area contributed by atoms with Crippen LogP contribution in [-0.2, 0) is 0 Å². The lowest BCUT2D eigenvalue weighted by Crippen LogP contribution is -2.17. The van der Waals surface area contributed by atoms with E-state index in [4.69, 9.17) is 0 Å². The van der Waals surface area contributed by atoms with Gasteiger partial charge in [0.1, 0.15) is 7.28 Å². The van der Waals surface area contributed by atoms with Gasteiger partial charge in [-0.2, -0.15) is 0 Å². The van der Waals surface area contributed by atoms with Crippen LogP contribution < -0.4 is 5.32 Å². The second-order valence-electron chi connectivity index (χ2n) is 1.30. The molecule has 0 rings (SSSR count). The van der Waals surface area contributed by atoms with Crippen LogP contribution in [0, 0.1) is 0 Å². The molecule has 0 atom stereocenters. The van der Waals surface area contributed by atoms with Crippen molar-refractivity contribution < 1.29 is 0 Å². The summed E-state index contributed by atoms with van der Waals surface area (Å²) < 4.78 is 0. The van der Waals surface area contributed by atoms with E-state index < -0.39 is 0 Å². The van der Waals surface area contributed by atoms with Gasteiger partial charge in [-0.05, 0) is 12.7 Å². The zero-order chi connectivity index (χ0) is 5.54. The van der Waals surface area contributed by atoms with Gasteiger partial charge in [0.25, 0.3) is 0 Å². The molecule has 0 saturated carbocycles. The van der Waals surface area contributed by atoms with Crippen LogP contribution in [0.4, 0.5) is 0 Å². The Morgan fingerprint density at radius 1 is 1.71 bits per heavy atom. The predicted octanol–water partition coefficient (Wildman–Crippen LogP) is 0.606. The van der Waals surface area contributed by atoms with Gasteiger partial charge in [0.2, 0.25) is 0 Å². The number of hydrogen-bond donors (Lipinski definition) is 1. The van der Waals surface area contributed by atoms with Crippen LogP contribution in [0.3, 0.4) is 0 Å². The van der Waals surface area contributed by atoms with Gasteiger partial charge in [-0.25, -0.2) is 0 Å². The highest BCUT2D eigenvalue weighted by atomic mass is 32.2. The largest absolute Gasteiger partial charge is 0.316 e. The first kappa shape index (κ1) is 7.37. The molecule has 3 heteroatoms. The van der Waals surface area contributed by atoms with Crippen LogP contribution in [0.2, 0.25) is 6.82 Å². The van der Waals surface area contributed by atoms with E-state index in [-0.39, 0.29) is 0 Å². The second-order valence-corrected chi connectivity index (χ2v) is 2.16. The van der Waals surface area contributed by atoms with Crippen molar-refractivity contribution in [1.82, 2.24) is 5.32 Å². The maximum atomic E-state index is 3.19. The number of thioether (sulfide) groups is 1. The summed E-state index contributed by atoms with van der Waals surface area (Å²) in [6.45, 7) is 2.05. The van der Waals surface area contributed by atoms with Gasteiger partial charge in [-0.3, -0.25) is 0 Å². The summed E-state index contributed by atoms with van der Waals surface area (Å²) in [4.78, 5) is 0. The van der Waals surface area contributed by atoms with Crippen molar-refractivity contribution in [2.45, 2.75) is 6.82 Å². The number of rotatable bonds is 4. The molecule has 0 fully saturated rings. The Hall–Kier alpha value is 0.375. The first-order valence-electron chi connectivity index (χ1n) is 2.39. The number of hydrogen-bond acceptors (Lipinski definition) is 2. The second kappa shape index (κ2) is 6.37. The molecule has 0 aliphatic heterocycles. The topological polar surface area (TPSA) is 12.0 Å². The van der Waals surface area contributed by atoms with Gasteiger partial charge in [-0.15, -0.1) is 11.8 Å². The summed E-state index contributed by atoms with van der Waals surface area (Å²) in [5, 5.41) is 3.19. The van der Waals surface area contributed by atoms with Crippen molar-refractivity contribution >= 4 is 19.0 Å². The molecule has 0 aliphatic carbocycles. The maximum absolute atomic E-state index is 3.19. The molecule has 0 amide bonds. The minimum Gasteiger partial charge on any atom is -0.316 e. The lowest BCUT2D eigenvalue weighted by atomic mass is 9.83. The molecule has 1 radical (unpaired) electrons. The SMILES string of the molecule is C[B]CNCSC. The van der Waals surface area contributed by atoms with Gasteiger partial charge in [0, 0.05) is 5.88 Å². The van der Waals surface area contributed by atoms with Crippen LogP contribution >= 0.6 is 11.8 Å². The lowest BCUT2D eigenvalue weighted by Gasteiger charge is -1.94. The van der Waals surface area contributed by atoms with Crippen LogP contribution in [0.15, 0.2) is 0 Å². The summed E-state index contributed by atoms with van der Waals surface area (Å²) in [6, 6.07) is 0. The Labute approximate surface area is 50.5 Å². The quantitative estimate of drug-likeness (QED) is 0.328. The van der Waals surface area contributed by atoms with E-state index in [0.717, 1.165) is 12.3 Å². The molecule has 7 heavy (non-hydrogen) atoms. The Kier molecular flexibility index (Phi) is 6.72. The van der Waals surface area contributed by atoms with Crippen LogP contribution in [0.25, 0.3) is 0 Å². The average molecular weight is 116 g/mol. The molecule has 41 valence electrons. The summed E-state index contributed by atoms with van der Waals surface area (Å²) in [5.41, 5.74) is 0. The highest BCUT2D eigenvalue weighted by Crippen LogP contribution is 1.82. The standard InChI is InChI=1S/C4H11BNS/c1-5-3-6-4-7-2/h6H,3-4H2,1-2H3. The number of nitrogens with one attached hydrogen (secondary N) is 1. The van der Waals surface area contributed by atoms with E-state index in [2.05, 4.69) is 18.9 Å². The van der Waals surface area contributed by atoms with E-state index in [1.165, 1.54) is 0 Å². The van der Waals surface area contributed by atoms with Gasteiger partial charge in [0.05, 0.1) is 0 Å². The molecule has 0 aromatic rings. The molecule has 0 heterocycles. The molecule has 0 aromatic carbocycles. The van der Waals surface area contributed by atoms with Crippen molar-refractivity contribution in [3.05, 3.63) is 0 Å². The van der Waals surface area contributed by atoms with E-state index in [0.29, 0.717) is 0 Å². The molecule has 0 saturated heterocycles. The van der Waals surface area contributed by atoms with Gasteiger partial charge < -0.3 is 5.32 Å². The third-order valence-electron chi connectivity index (χ3n) is 0.595. The highest BCUT2D eigenvalue weighted by Gasteiger charge is 1.78. The molecular formula is C4H11BNS. The minimum absolute atomic E-state index is 1.03.